The number of carbonyl (C=O) groups is 1. The monoisotopic (exact) mass is 455 g/mol. The van der Waals surface area contributed by atoms with Crippen molar-refractivity contribution in [1.29, 1.82) is 0 Å². The molecule has 3 N–H and O–H groups in total. The van der Waals surface area contributed by atoms with Crippen molar-refractivity contribution in [3.05, 3.63) is 56.7 Å². The van der Waals surface area contributed by atoms with Gasteiger partial charge in [-0.3, -0.25) is 24.0 Å². The summed E-state index contributed by atoms with van der Waals surface area (Å²) in [5.74, 6) is 0.433. The maximum atomic E-state index is 13.2. The Bertz CT molecular complexity index is 1040. The van der Waals surface area contributed by atoms with E-state index < -0.39 is 11.2 Å². The highest BCUT2D eigenvalue weighted by Crippen LogP contribution is 2.34. The van der Waals surface area contributed by atoms with Gasteiger partial charge in [-0.25, -0.2) is 4.79 Å². The summed E-state index contributed by atoms with van der Waals surface area (Å²) >= 11 is 0. The number of nitrogens with two attached hydrogens (primary N) is 1. The van der Waals surface area contributed by atoms with Gasteiger partial charge in [-0.05, 0) is 57.6 Å². The summed E-state index contributed by atoms with van der Waals surface area (Å²) in [6.07, 6.45) is 5.89. The number of rotatable bonds is 9. The van der Waals surface area contributed by atoms with E-state index in [0.717, 1.165) is 38.5 Å². The van der Waals surface area contributed by atoms with Crippen LogP contribution in [-0.2, 0) is 11.3 Å². The zero-order chi connectivity index (χ0) is 24.0. The van der Waals surface area contributed by atoms with E-state index in [4.69, 9.17) is 5.73 Å². The largest absolute Gasteiger partial charge is 0.383 e. The molecular formula is C25H37N5O3. The first kappa shape index (κ1) is 24.8. The summed E-state index contributed by atoms with van der Waals surface area (Å²) in [6, 6.07) is 10.9. The molecule has 33 heavy (non-hydrogen) atoms. The van der Waals surface area contributed by atoms with Gasteiger partial charge in [0.1, 0.15) is 5.82 Å². The van der Waals surface area contributed by atoms with Crippen LogP contribution < -0.4 is 21.9 Å². The molecule has 8 heteroatoms. The third-order valence-electron chi connectivity index (χ3n) is 6.81. The molecule has 1 amide bonds. The fourth-order valence-corrected chi connectivity index (χ4v) is 4.84. The van der Waals surface area contributed by atoms with E-state index in [0.29, 0.717) is 25.0 Å². The molecule has 0 atom stereocenters. The molecule has 3 rings (SSSR count). The Labute approximate surface area is 195 Å². The van der Waals surface area contributed by atoms with Crippen molar-refractivity contribution < 1.29 is 4.79 Å². The number of benzene rings is 1. The van der Waals surface area contributed by atoms with Crippen molar-refractivity contribution in [3.63, 3.8) is 0 Å². The van der Waals surface area contributed by atoms with Gasteiger partial charge in [0, 0.05) is 19.1 Å². The highest BCUT2D eigenvalue weighted by molar-refractivity contribution is 5.96. The highest BCUT2D eigenvalue weighted by atomic mass is 16.2. The molecular weight excluding hydrogens is 418 g/mol. The highest BCUT2D eigenvalue weighted by Gasteiger charge is 2.28. The van der Waals surface area contributed by atoms with Crippen LogP contribution in [0.4, 0.5) is 11.5 Å². The molecule has 2 aromatic rings. The molecule has 0 aliphatic heterocycles. The standard InChI is InChI=1S/C25H37N5O3/c1-4-6-16-30-23(26)22(24(32)27-25(30)33)29(5-2)21(31)17-28(3)20-14-12-19(13-15-20)18-10-8-7-9-11-18/h7-11,19-20H,4-6,12-17,26H2,1-3H3,(H,27,32,33). The molecule has 0 saturated heterocycles. The minimum Gasteiger partial charge on any atom is -0.383 e. The third kappa shape index (κ3) is 5.74. The minimum absolute atomic E-state index is 0.0541. The number of aromatic nitrogens is 2. The van der Waals surface area contributed by atoms with Gasteiger partial charge >= 0.3 is 5.69 Å². The van der Waals surface area contributed by atoms with Crippen LogP contribution in [0.3, 0.4) is 0 Å². The maximum absolute atomic E-state index is 13.2. The molecule has 1 aliphatic carbocycles. The van der Waals surface area contributed by atoms with E-state index in [1.165, 1.54) is 15.0 Å². The number of anilines is 2. The Balaban J connectivity index is 1.69. The maximum Gasteiger partial charge on any atom is 0.330 e. The van der Waals surface area contributed by atoms with Gasteiger partial charge in [0.15, 0.2) is 5.69 Å². The van der Waals surface area contributed by atoms with Crippen molar-refractivity contribution in [2.24, 2.45) is 0 Å². The fourth-order valence-electron chi connectivity index (χ4n) is 4.84. The van der Waals surface area contributed by atoms with E-state index >= 15 is 0 Å². The lowest BCUT2D eigenvalue weighted by atomic mass is 9.81. The number of likely N-dealkylation sites (N-methyl/N-ethyl adjacent to an activating group) is 2. The molecule has 1 aromatic carbocycles. The lowest BCUT2D eigenvalue weighted by Crippen LogP contribution is -2.46. The molecule has 1 saturated carbocycles. The Hall–Kier alpha value is -2.87. The van der Waals surface area contributed by atoms with Gasteiger partial charge in [0.2, 0.25) is 5.91 Å². The quantitative estimate of drug-likeness (QED) is 0.605. The van der Waals surface area contributed by atoms with E-state index in [1.54, 1.807) is 0 Å². The van der Waals surface area contributed by atoms with Crippen LogP contribution in [0, 0.1) is 0 Å². The van der Waals surface area contributed by atoms with Crippen molar-refractivity contribution in [2.45, 2.75) is 70.9 Å². The predicted octanol–water partition coefficient (Wildman–Crippen LogP) is 2.93. The van der Waals surface area contributed by atoms with Crippen LogP contribution in [0.5, 0.6) is 0 Å². The molecule has 0 unspecified atom stereocenters. The summed E-state index contributed by atoms with van der Waals surface area (Å²) in [5.41, 5.74) is 6.52. The lowest BCUT2D eigenvalue weighted by Gasteiger charge is -2.35. The molecule has 0 radical (unpaired) electrons. The van der Waals surface area contributed by atoms with Crippen molar-refractivity contribution in [2.75, 3.05) is 30.8 Å². The summed E-state index contributed by atoms with van der Waals surface area (Å²) in [7, 11) is 1.97. The summed E-state index contributed by atoms with van der Waals surface area (Å²) < 4.78 is 1.35. The number of amides is 1. The van der Waals surface area contributed by atoms with Crippen molar-refractivity contribution in [3.8, 4) is 0 Å². The summed E-state index contributed by atoms with van der Waals surface area (Å²) in [5, 5.41) is 0. The first-order valence-electron chi connectivity index (χ1n) is 12.0. The predicted molar refractivity (Wildman–Crippen MR) is 133 cm³/mol. The van der Waals surface area contributed by atoms with Crippen LogP contribution >= 0.6 is 0 Å². The summed E-state index contributed by atoms with van der Waals surface area (Å²) in [4.78, 5) is 43.9. The fraction of sp³-hybridized carbons (Fsp3) is 0.560. The number of unbranched alkanes of at least 4 members (excludes halogenated alkanes) is 1. The van der Waals surface area contributed by atoms with Gasteiger partial charge < -0.3 is 10.6 Å². The van der Waals surface area contributed by atoms with Crippen LogP contribution in [0.25, 0.3) is 0 Å². The SMILES string of the molecule is CCCCn1c(N)c(N(CC)C(=O)CN(C)C2CCC(c3ccccc3)CC2)c(=O)[nH]c1=O. The van der Waals surface area contributed by atoms with Crippen LogP contribution in [-0.4, -0.2) is 46.5 Å². The number of nitrogen functional groups attached to an aromatic ring is 1. The van der Waals surface area contributed by atoms with Crippen LogP contribution in [0.1, 0.15) is 63.9 Å². The minimum atomic E-state index is -0.619. The van der Waals surface area contributed by atoms with Gasteiger partial charge in [-0.1, -0.05) is 43.7 Å². The van der Waals surface area contributed by atoms with E-state index in [2.05, 4.69) is 34.1 Å². The smallest absolute Gasteiger partial charge is 0.330 e. The number of nitrogens with one attached hydrogen (secondary N) is 1. The zero-order valence-corrected chi connectivity index (χ0v) is 20.0. The number of H-pyrrole nitrogens is 1. The van der Waals surface area contributed by atoms with Gasteiger partial charge in [-0.15, -0.1) is 0 Å². The van der Waals surface area contributed by atoms with Crippen LogP contribution in [0.2, 0.25) is 0 Å². The first-order chi connectivity index (χ1) is 15.9. The third-order valence-corrected chi connectivity index (χ3v) is 6.81. The van der Waals surface area contributed by atoms with Crippen molar-refractivity contribution in [1.82, 2.24) is 14.5 Å². The number of nitrogens with zero attached hydrogens (tertiary/aromatic N) is 3. The number of hydrogen-bond donors (Lipinski definition) is 2. The van der Waals surface area contributed by atoms with Gasteiger partial charge in [0.05, 0.1) is 6.54 Å². The Morgan fingerprint density at radius 2 is 1.79 bits per heavy atom. The molecule has 0 bridgehead atoms. The molecule has 0 spiro atoms. The molecule has 8 nitrogen and oxygen atoms in total. The average Bonchev–Trinajstić information content (AvgIpc) is 2.82. The molecule has 1 aliphatic rings. The van der Waals surface area contributed by atoms with Gasteiger partial charge in [-0.2, -0.15) is 0 Å². The molecule has 1 fully saturated rings. The average molecular weight is 456 g/mol. The lowest BCUT2D eigenvalue weighted by molar-refractivity contribution is -0.120. The first-order valence-corrected chi connectivity index (χ1v) is 12.0. The molecule has 1 aromatic heterocycles. The second kappa shape index (κ2) is 11.3. The Morgan fingerprint density at radius 1 is 1.12 bits per heavy atom. The Morgan fingerprint density at radius 3 is 2.39 bits per heavy atom. The number of carbonyl (C=O) groups excluding carboxylic acids is 1. The zero-order valence-electron chi connectivity index (χ0n) is 20.0. The summed E-state index contributed by atoms with van der Waals surface area (Å²) in [6.45, 7) is 4.72. The van der Waals surface area contributed by atoms with E-state index in [1.807, 2.05) is 27.0 Å². The Kier molecular flexibility index (Phi) is 8.49. The van der Waals surface area contributed by atoms with Crippen LogP contribution in [0.15, 0.2) is 39.9 Å². The topological polar surface area (TPSA) is 104 Å². The second-order valence-corrected chi connectivity index (χ2v) is 8.97. The normalized spacial score (nSPS) is 18.4. The van der Waals surface area contributed by atoms with Gasteiger partial charge in [0.25, 0.3) is 5.56 Å². The van der Waals surface area contributed by atoms with E-state index in [9.17, 15) is 14.4 Å². The van der Waals surface area contributed by atoms with Crippen molar-refractivity contribution >= 4 is 17.4 Å². The van der Waals surface area contributed by atoms with E-state index in [-0.39, 0.29) is 24.0 Å². The molecule has 1 heterocycles. The second-order valence-electron chi connectivity index (χ2n) is 8.97. The number of hydrogen-bond acceptors (Lipinski definition) is 5. The molecule has 180 valence electrons. The number of aromatic amines is 1.